The van der Waals surface area contributed by atoms with Crippen LogP contribution in [0.15, 0.2) is 12.1 Å². The first-order valence-corrected chi connectivity index (χ1v) is 5.23. The average molecular weight is 262 g/mol. The van der Waals surface area contributed by atoms with Gasteiger partial charge < -0.3 is 14.6 Å². The molecule has 0 bridgehead atoms. The molecular formula is C12H13F3O3. The second kappa shape index (κ2) is 5.29. The number of benzene rings is 1. The van der Waals surface area contributed by atoms with Crippen molar-refractivity contribution in [3.8, 4) is 11.5 Å². The van der Waals surface area contributed by atoms with Gasteiger partial charge in [0.15, 0.2) is 11.5 Å². The van der Waals surface area contributed by atoms with Crippen molar-refractivity contribution in [1.29, 1.82) is 0 Å². The number of carbonyl (C=O) groups excluding carboxylic acids is 1. The van der Waals surface area contributed by atoms with Crippen LogP contribution in [-0.4, -0.2) is 18.5 Å². The Morgan fingerprint density at radius 1 is 1.44 bits per heavy atom. The number of rotatable bonds is 4. The predicted octanol–water partition coefficient (Wildman–Crippen LogP) is 3.11. The lowest BCUT2D eigenvalue weighted by Gasteiger charge is -2.17. The van der Waals surface area contributed by atoms with Gasteiger partial charge in [-0.3, -0.25) is 0 Å². The van der Waals surface area contributed by atoms with E-state index in [9.17, 15) is 23.1 Å². The number of ether oxygens (including phenoxy) is 1. The van der Waals surface area contributed by atoms with Gasteiger partial charge in [0, 0.05) is 12.0 Å². The topological polar surface area (TPSA) is 46.5 Å². The summed E-state index contributed by atoms with van der Waals surface area (Å²) in [4.78, 5) is 10.4. The Balaban J connectivity index is 3.33. The van der Waals surface area contributed by atoms with Crippen LogP contribution >= 0.6 is 0 Å². The summed E-state index contributed by atoms with van der Waals surface area (Å²) in [5.41, 5.74) is -0.781. The number of alkyl halides is 3. The van der Waals surface area contributed by atoms with Gasteiger partial charge in [-0.25, -0.2) is 0 Å². The quantitative estimate of drug-likeness (QED) is 0.848. The van der Waals surface area contributed by atoms with Gasteiger partial charge in [0.05, 0.1) is 7.11 Å². The number of aromatic hydroxyl groups is 1. The summed E-state index contributed by atoms with van der Waals surface area (Å²) in [5.74, 6) is -1.56. The summed E-state index contributed by atoms with van der Waals surface area (Å²) in [7, 11) is 1.05. The molecule has 0 amide bonds. The van der Waals surface area contributed by atoms with Crippen LogP contribution in [0.2, 0.25) is 0 Å². The summed E-state index contributed by atoms with van der Waals surface area (Å²) >= 11 is 0. The van der Waals surface area contributed by atoms with Crippen LogP contribution in [0.4, 0.5) is 13.2 Å². The normalized spacial score (nSPS) is 13.2. The van der Waals surface area contributed by atoms with E-state index in [1.54, 1.807) is 6.92 Å². The molecule has 1 aromatic carbocycles. The monoisotopic (exact) mass is 262 g/mol. The van der Waals surface area contributed by atoms with E-state index in [1.165, 1.54) is 0 Å². The van der Waals surface area contributed by atoms with Crippen molar-refractivity contribution in [3.05, 3.63) is 23.3 Å². The highest BCUT2D eigenvalue weighted by molar-refractivity contribution is 5.57. The SMILES string of the molecule is COc1c(C(F)(F)F)ccc(C(C)CC=O)c1O. The molecule has 0 aliphatic heterocycles. The summed E-state index contributed by atoms with van der Waals surface area (Å²) in [6.07, 6.45) is -3.84. The number of phenolic OH excluding ortho intramolecular Hbond substituents is 1. The zero-order chi connectivity index (χ0) is 13.9. The first-order valence-electron chi connectivity index (χ1n) is 5.23. The fraction of sp³-hybridized carbons (Fsp3) is 0.417. The van der Waals surface area contributed by atoms with Crippen LogP contribution in [0.5, 0.6) is 11.5 Å². The Labute approximate surface area is 102 Å². The minimum atomic E-state index is -4.60. The predicted molar refractivity (Wildman–Crippen MR) is 58.8 cm³/mol. The van der Waals surface area contributed by atoms with E-state index in [-0.39, 0.29) is 17.9 Å². The number of hydrogen-bond acceptors (Lipinski definition) is 3. The molecule has 18 heavy (non-hydrogen) atoms. The molecule has 1 unspecified atom stereocenters. The first kappa shape index (κ1) is 14.3. The fourth-order valence-corrected chi connectivity index (χ4v) is 1.69. The van der Waals surface area contributed by atoms with Gasteiger partial charge in [0.25, 0.3) is 0 Å². The molecule has 0 saturated heterocycles. The zero-order valence-electron chi connectivity index (χ0n) is 9.91. The second-order valence-corrected chi connectivity index (χ2v) is 3.89. The maximum atomic E-state index is 12.6. The molecule has 0 heterocycles. The lowest BCUT2D eigenvalue weighted by atomic mass is 9.95. The van der Waals surface area contributed by atoms with E-state index in [0.717, 1.165) is 19.2 Å². The van der Waals surface area contributed by atoms with Crippen LogP contribution in [0.25, 0.3) is 0 Å². The standard InChI is InChI=1S/C12H13F3O3/c1-7(5-6-16)8-3-4-9(12(13,14)15)11(18-2)10(8)17/h3-4,6-7,17H,5H2,1-2H3. The van der Waals surface area contributed by atoms with Crippen molar-refractivity contribution in [3.63, 3.8) is 0 Å². The summed E-state index contributed by atoms with van der Waals surface area (Å²) in [6, 6.07) is 2.00. The molecule has 1 atom stereocenters. The van der Waals surface area contributed by atoms with Gasteiger partial charge in [-0.05, 0) is 12.0 Å². The van der Waals surface area contributed by atoms with E-state index in [1.807, 2.05) is 0 Å². The van der Waals surface area contributed by atoms with E-state index < -0.39 is 23.2 Å². The molecule has 0 fully saturated rings. The van der Waals surface area contributed by atoms with Crippen LogP contribution in [-0.2, 0) is 11.0 Å². The summed E-state index contributed by atoms with van der Waals surface area (Å²) in [5, 5.41) is 9.79. The maximum absolute atomic E-state index is 12.6. The third-order valence-corrected chi connectivity index (χ3v) is 2.65. The third kappa shape index (κ3) is 2.75. The smallest absolute Gasteiger partial charge is 0.420 e. The minimum absolute atomic E-state index is 0.113. The fourth-order valence-electron chi connectivity index (χ4n) is 1.69. The number of phenols is 1. The number of halogens is 3. The highest BCUT2D eigenvalue weighted by atomic mass is 19.4. The number of carbonyl (C=O) groups is 1. The van der Waals surface area contributed by atoms with Gasteiger partial charge in [0.1, 0.15) is 11.8 Å². The van der Waals surface area contributed by atoms with Crippen molar-refractivity contribution >= 4 is 6.29 Å². The van der Waals surface area contributed by atoms with Gasteiger partial charge >= 0.3 is 6.18 Å². The molecule has 3 nitrogen and oxygen atoms in total. The molecule has 0 aliphatic carbocycles. The van der Waals surface area contributed by atoms with Crippen molar-refractivity contribution in [2.24, 2.45) is 0 Å². The van der Waals surface area contributed by atoms with Crippen LogP contribution in [0, 0.1) is 0 Å². The lowest BCUT2D eigenvalue weighted by molar-refractivity contribution is -0.138. The number of aldehydes is 1. The highest BCUT2D eigenvalue weighted by Crippen LogP contribution is 2.44. The van der Waals surface area contributed by atoms with Crippen molar-refractivity contribution in [2.75, 3.05) is 7.11 Å². The average Bonchev–Trinajstić information content (AvgIpc) is 2.27. The molecule has 0 saturated carbocycles. The largest absolute Gasteiger partial charge is 0.504 e. The molecular weight excluding hydrogens is 249 g/mol. The molecule has 1 aromatic rings. The summed E-state index contributed by atoms with van der Waals surface area (Å²) < 4.78 is 42.6. The zero-order valence-corrected chi connectivity index (χ0v) is 9.91. The Morgan fingerprint density at radius 3 is 2.50 bits per heavy atom. The van der Waals surface area contributed by atoms with E-state index in [4.69, 9.17) is 0 Å². The molecule has 0 aliphatic rings. The molecule has 1 N–H and O–H groups in total. The van der Waals surface area contributed by atoms with E-state index in [0.29, 0.717) is 6.29 Å². The maximum Gasteiger partial charge on any atom is 0.420 e. The summed E-state index contributed by atoms with van der Waals surface area (Å²) in [6.45, 7) is 1.64. The molecule has 100 valence electrons. The number of methoxy groups -OCH3 is 1. The highest BCUT2D eigenvalue weighted by Gasteiger charge is 2.36. The van der Waals surface area contributed by atoms with Crippen LogP contribution in [0.3, 0.4) is 0 Å². The lowest BCUT2D eigenvalue weighted by Crippen LogP contribution is -2.09. The van der Waals surface area contributed by atoms with Crippen LogP contribution in [0.1, 0.15) is 30.4 Å². The van der Waals surface area contributed by atoms with E-state index in [2.05, 4.69) is 4.74 Å². The molecule has 0 aromatic heterocycles. The molecule has 0 radical (unpaired) electrons. The second-order valence-electron chi connectivity index (χ2n) is 3.89. The van der Waals surface area contributed by atoms with Gasteiger partial charge in [0.2, 0.25) is 0 Å². The molecule has 1 rings (SSSR count). The minimum Gasteiger partial charge on any atom is -0.504 e. The Bertz CT molecular complexity index is 441. The Morgan fingerprint density at radius 2 is 2.06 bits per heavy atom. The van der Waals surface area contributed by atoms with Gasteiger partial charge in [-0.2, -0.15) is 13.2 Å². The molecule has 6 heteroatoms. The molecule has 0 spiro atoms. The van der Waals surface area contributed by atoms with Crippen molar-refractivity contribution in [1.82, 2.24) is 0 Å². The van der Waals surface area contributed by atoms with Crippen molar-refractivity contribution in [2.45, 2.75) is 25.4 Å². The van der Waals surface area contributed by atoms with Crippen molar-refractivity contribution < 1.29 is 27.8 Å². The Hall–Kier alpha value is -1.72. The van der Waals surface area contributed by atoms with E-state index >= 15 is 0 Å². The van der Waals surface area contributed by atoms with Crippen LogP contribution < -0.4 is 4.74 Å². The van der Waals surface area contributed by atoms with Gasteiger partial charge in [-0.15, -0.1) is 0 Å². The van der Waals surface area contributed by atoms with Gasteiger partial charge in [-0.1, -0.05) is 13.0 Å². The Kier molecular flexibility index (Phi) is 4.21. The first-order chi connectivity index (χ1) is 8.32. The third-order valence-electron chi connectivity index (χ3n) is 2.65. The number of hydrogen-bond donors (Lipinski definition) is 1.